The van der Waals surface area contributed by atoms with Crippen molar-refractivity contribution in [1.29, 1.82) is 5.26 Å². The van der Waals surface area contributed by atoms with Gasteiger partial charge in [0.2, 0.25) is 0 Å². The minimum absolute atomic E-state index is 0.226. The lowest BCUT2D eigenvalue weighted by molar-refractivity contribution is -0.258. The third kappa shape index (κ3) is 2.15. The largest absolute Gasteiger partial charge is 0.421 e. The summed E-state index contributed by atoms with van der Waals surface area (Å²) in [5.41, 5.74) is -2.96. The number of aliphatic hydroxyl groups is 1. The molecule has 2 aromatic carbocycles. The molecule has 2 nitrogen and oxygen atoms in total. The summed E-state index contributed by atoms with van der Waals surface area (Å²) >= 11 is 0. The molecule has 0 bridgehead atoms. The first-order valence-electron chi connectivity index (χ1n) is 5.50. The van der Waals surface area contributed by atoms with E-state index in [1.165, 1.54) is 24.3 Å². The van der Waals surface area contributed by atoms with Crippen molar-refractivity contribution in [1.82, 2.24) is 0 Å². The van der Waals surface area contributed by atoms with Crippen LogP contribution in [-0.4, -0.2) is 11.3 Å². The Labute approximate surface area is 107 Å². The van der Waals surface area contributed by atoms with Gasteiger partial charge in [-0.25, -0.2) is 0 Å². The fraction of sp³-hybridized carbons (Fsp3) is 0.214. The highest BCUT2D eigenvalue weighted by Gasteiger charge is 2.51. The van der Waals surface area contributed by atoms with Crippen LogP contribution in [0.2, 0.25) is 0 Å². The SMILES string of the molecule is CC(O)(c1cccc2ccc(C#N)cc12)C(F)(F)F. The molecule has 0 aliphatic rings. The Balaban J connectivity index is 2.78. The lowest BCUT2D eigenvalue weighted by Crippen LogP contribution is -2.39. The van der Waals surface area contributed by atoms with Crippen LogP contribution in [0.3, 0.4) is 0 Å². The number of fused-ring (bicyclic) bond motifs is 1. The van der Waals surface area contributed by atoms with Gasteiger partial charge in [0.15, 0.2) is 5.60 Å². The first kappa shape index (κ1) is 13.4. The minimum atomic E-state index is -4.79. The van der Waals surface area contributed by atoms with E-state index in [9.17, 15) is 18.3 Å². The van der Waals surface area contributed by atoms with E-state index in [1.54, 1.807) is 12.1 Å². The Hall–Kier alpha value is -2.06. The van der Waals surface area contributed by atoms with Crippen molar-refractivity contribution in [3.8, 4) is 6.07 Å². The van der Waals surface area contributed by atoms with Crippen molar-refractivity contribution in [2.75, 3.05) is 0 Å². The molecule has 2 aromatic rings. The Morgan fingerprint density at radius 2 is 1.84 bits per heavy atom. The molecule has 98 valence electrons. The van der Waals surface area contributed by atoms with Gasteiger partial charge in [-0.1, -0.05) is 24.3 Å². The second kappa shape index (κ2) is 4.25. The Morgan fingerprint density at radius 3 is 2.42 bits per heavy atom. The highest BCUT2D eigenvalue weighted by Crippen LogP contribution is 2.41. The molecule has 0 saturated heterocycles. The Bertz CT molecular complexity index is 668. The van der Waals surface area contributed by atoms with Crippen LogP contribution in [0, 0.1) is 11.3 Å². The first-order valence-corrected chi connectivity index (χ1v) is 5.50. The average Bonchev–Trinajstić information content (AvgIpc) is 2.35. The van der Waals surface area contributed by atoms with Gasteiger partial charge in [-0.15, -0.1) is 0 Å². The second-order valence-corrected chi connectivity index (χ2v) is 4.42. The van der Waals surface area contributed by atoms with Crippen molar-refractivity contribution < 1.29 is 18.3 Å². The van der Waals surface area contributed by atoms with Crippen LogP contribution < -0.4 is 0 Å². The summed E-state index contributed by atoms with van der Waals surface area (Å²) in [7, 11) is 0. The monoisotopic (exact) mass is 265 g/mol. The van der Waals surface area contributed by atoms with Gasteiger partial charge in [-0.3, -0.25) is 0 Å². The molecular weight excluding hydrogens is 255 g/mol. The second-order valence-electron chi connectivity index (χ2n) is 4.42. The standard InChI is InChI=1S/C14H10F3NO/c1-13(19,14(15,16)17)12-4-2-3-10-6-5-9(8-18)7-11(10)12/h2-7,19H,1H3. The normalized spacial score (nSPS) is 14.9. The zero-order chi connectivity index (χ0) is 14.3. The highest BCUT2D eigenvalue weighted by molar-refractivity contribution is 5.87. The molecule has 0 amide bonds. The zero-order valence-corrected chi connectivity index (χ0v) is 9.99. The van der Waals surface area contributed by atoms with E-state index in [-0.39, 0.29) is 16.5 Å². The third-order valence-corrected chi connectivity index (χ3v) is 3.09. The maximum Gasteiger partial charge on any atom is 0.421 e. The molecular formula is C14H10F3NO. The fourth-order valence-electron chi connectivity index (χ4n) is 1.92. The highest BCUT2D eigenvalue weighted by atomic mass is 19.4. The van der Waals surface area contributed by atoms with Crippen molar-refractivity contribution in [2.24, 2.45) is 0 Å². The molecule has 5 heteroatoms. The van der Waals surface area contributed by atoms with Crippen LogP contribution >= 0.6 is 0 Å². The molecule has 0 heterocycles. The number of alkyl halides is 3. The van der Waals surface area contributed by atoms with Crippen LogP contribution in [0.15, 0.2) is 36.4 Å². The van der Waals surface area contributed by atoms with E-state index in [2.05, 4.69) is 0 Å². The lowest BCUT2D eigenvalue weighted by atomic mass is 9.90. The number of nitriles is 1. The van der Waals surface area contributed by atoms with E-state index < -0.39 is 11.8 Å². The van der Waals surface area contributed by atoms with Gasteiger partial charge in [0.05, 0.1) is 11.6 Å². The van der Waals surface area contributed by atoms with Gasteiger partial charge in [-0.05, 0) is 29.8 Å². The van der Waals surface area contributed by atoms with E-state index in [0.29, 0.717) is 12.3 Å². The summed E-state index contributed by atoms with van der Waals surface area (Å²) in [6.45, 7) is 0.709. The predicted molar refractivity (Wildman–Crippen MR) is 64.3 cm³/mol. The summed E-state index contributed by atoms with van der Waals surface area (Å²) in [4.78, 5) is 0. The summed E-state index contributed by atoms with van der Waals surface area (Å²) in [5, 5.41) is 19.4. The molecule has 0 aliphatic heterocycles. The number of benzene rings is 2. The van der Waals surface area contributed by atoms with Gasteiger partial charge in [0, 0.05) is 5.56 Å². The minimum Gasteiger partial charge on any atom is -0.376 e. The van der Waals surface area contributed by atoms with E-state index in [1.807, 2.05) is 6.07 Å². The predicted octanol–water partition coefficient (Wildman–Crippen LogP) is 3.48. The molecule has 0 saturated carbocycles. The van der Waals surface area contributed by atoms with E-state index in [0.717, 1.165) is 0 Å². The summed E-state index contributed by atoms with van der Waals surface area (Å²) in [5.74, 6) is 0. The Morgan fingerprint density at radius 1 is 1.16 bits per heavy atom. The summed E-state index contributed by atoms with van der Waals surface area (Å²) in [6.07, 6.45) is -4.79. The lowest BCUT2D eigenvalue weighted by Gasteiger charge is -2.28. The van der Waals surface area contributed by atoms with Gasteiger partial charge in [0.25, 0.3) is 0 Å². The van der Waals surface area contributed by atoms with E-state index >= 15 is 0 Å². The number of hydrogen-bond acceptors (Lipinski definition) is 2. The maximum atomic E-state index is 12.9. The molecule has 1 N–H and O–H groups in total. The van der Waals surface area contributed by atoms with Crippen molar-refractivity contribution in [3.05, 3.63) is 47.5 Å². The van der Waals surface area contributed by atoms with E-state index in [4.69, 9.17) is 5.26 Å². The average molecular weight is 265 g/mol. The molecule has 1 unspecified atom stereocenters. The molecule has 0 aromatic heterocycles. The van der Waals surface area contributed by atoms with Gasteiger partial charge in [0.1, 0.15) is 0 Å². The quantitative estimate of drug-likeness (QED) is 0.857. The van der Waals surface area contributed by atoms with Crippen molar-refractivity contribution >= 4 is 10.8 Å². The van der Waals surface area contributed by atoms with Gasteiger partial charge < -0.3 is 5.11 Å². The van der Waals surface area contributed by atoms with Crippen LogP contribution in [0.25, 0.3) is 10.8 Å². The van der Waals surface area contributed by atoms with Crippen LogP contribution in [0.1, 0.15) is 18.1 Å². The number of nitrogens with zero attached hydrogens (tertiary/aromatic N) is 1. The maximum absolute atomic E-state index is 12.9. The molecule has 19 heavy (non-hydrogen) atoms. The summed E-state index contributed by atoms with van der Waals surface area (Å²) in [6, 6.07) is 10.6. The fourth-order valence-corrected chi connectivity index (χ4v) is 1.92. The molecule has 0 spiro atoms. The molecule has 0 aliphatic carbocycles. The third-order valence-electron chi connectivity index (χ3n) is 3.09. The van der Waals surface area contributed by atoms with Gasteiger partial charge in [-0.2, -0.15) is 18.4 Å². The smallest absolute Gasteiger partial charge is 0.376 e. The number of halogens is 3. The topological polar surface area (TPSA) is 44.0 Å². The van der Waals surface area contributed by atoms with Crippen LogP contribution in [0.5, 0.6) is 0 Å². The van der Waals surface area contributed by atoms with Gasteiger partial charge >= 0.3 is 6.18 Å². The zero-order valence-electron chi connectivity index (χ0n) is 9.99. The molecule has 0 radical (unpaired) electrons. The van der Waals surface area contributed by atoms with Crippen molar-refractivity contribution in [2.45, 2.75) is 18.7 Å². The first-order chi connectivity index (χ1) is 8.77. The summed E-state index contributed by atoms with van der Waals surface area (Å²) < 4.78 is 38.7. The molecule has 1 atom stereocenters. The number of hydrogen-bond donors (Lipinski definition) is 1. The Kier molecular flexibility index (Phi) is 2.99. The van der Waals surface area contributed by atoms with Crippen LogP contribution in [0.4, 0.5) is 13.2 Å². The van der Waals surface area contributed by atoms with Crippen LogP contribution in [-0.2, 0) is 5.60 Å². The van der Waals surface area contributed by atoms with Crippen molar-refractivity contribution in [3.63, 3.8) is 0 Å². The molecule has 0 fully saturated rings. The molecule has 2 rings (SSSR count). The number of rotatable bonds is 1.